The number of aromatic nitrogens is 3. The Morgan fingerprint density at radius 3 is 2.64 bits per heavy atom. The molecule has 128 valence electrons. The molecule has 3 heterocycles. The van der Waals surface area contributed by atoms with E-state index in [0.717, 1.165) is 25.9 Å². The number of likely N-dealkylation sites (tertiary alicyclic amines) is 1. The Balaban J connectivity index is 1.74. The summed E-state index contributed by atoms with van der Waals surface area (Å²) in [5.74, 6) is -0.0785. The van der Waals surface area contributed by atoms with E-state index >= 15 is 0 Å². The van der Waals surface area contributed by atoms with Crippen molar-refractivity contribution >= 4 is 28.6 Å². The molecule has 1 aliphatic heterocycles. The van der Waals surface area contributed by atoms with Crippen LogP contribution in [0.2, 0.25) is 5.02 Å². The van der Waals surface area contributed by atoms with E-state index in [-0.39, 0.29) is 29.1 Å². The van der Waals surface area contributed by atoms with Gasteiger partial charge >= 0.3 is 0 Å². The minimum Gasteiger partial charge on any atom is -0.341 e. The van der Waals surface area contributed by atoms with Gasteiger partial charge in [-0.05, 0) is 25.0 Å². The number of carbonyl (C=O) groups excluding carboxylic acids is 1. The van der Waals surface area contributed by atoms with Gasteiger partial charge in [0, 0.05) is 23.7 Å². The summed E-state index contributed by atoms with van der Waals surface area (Å²) in [6.07, 6.45) is 3.34. The average molecular weight is 359 g/mol. The van der Waals surface area contributed by atoms with Gasteiger partial charge < -0.3 is 9.42 Å². The summed E-state index contributed by atoms with van der Waals surface area (Å²) in [6.45, 7) is 1.45. The minimum absolute atomic E-state index is 0.0347. The number of fused-ring (bicyclic) bond motifs is 1. The summed E-state index contributed by atoms with van der Waals surface area (Å²) < 4.78 is 6.48. The molecule has 0 unspecified atom stereocenters. The van der Waals surface area contributed by atoms with Gasteiger partial charge in [0.25, 0.3) is 11.3 Å². The fourth-order valence-corrected chi connectivity index (χ4v) is 3.14. The van der Waals surface area contributed by atoms with Crippen LogP contribution in [-0.4, -0.2) is 38.6 Å². The van der Waals surface area contributed by atoms with Gasteiger partial charge in [0.05, 0.1) is 0 Å². The van der Waals surface area contributed by atoms with Crippen molar-refractivity contribution in [3.05, 3.63) is 46.0 Å². The Morgan fingerprint density at radius 2 is 1.92 bits per heavy atom. The van der Waals surface area contributed by atoms with Crippen LogP contribution in [0.3, 0.4) is 0 Å². The predicted octanol–water partition coefficient (Wildman–Crippen LogP) is 2.33. The maximum absolute atomic E-state index is 12.8. The fourth-order valence-electron chi connectivity index (χ4n) is 3.01. The van der Waals surface area contributed by atoms with Crippen molar-refractivity contribution < 1.29 is 9.32 Å². The van der Waals surface area contributed by atoms with Crippen LogP contribution >= 0.6 is 11.6 Å². The van der Waals surface area contributed by atoms with Crippen molar-refractivity contribution in [3.8, 4) is 11.3 Å². The molecule has 1 fully saturated rings. The average Bonchev–Trinajstić information content (AvgIpc) is 3.28. The molecule has 0 radical (unpaired) electrons. The summed E-state index contributed by atoms with van der Waals surface area (Å²) in [6, 6.07) is 6.93. The van der Waals surface area contributed by atoms with Crippen LogP contribution in [0.5, 0.6) is 0 Å². The van der Waals surface area contributed by atoms with Crippen LogP contribution in [-0.2, 0) is 11.3 Å². The maximum Gasteiger partial charge on any atom is 0.267 e. The highest BCUT2D eigenvalue weighted by Gasteiger charge is 2.21. The molecule has 0 atom stereocenters. The molecule has 25 heavy (non-hydrogen) atoms. The monoisotopic (exact) mass is 358 g/mol. The molecule has 0 saturated carbocycles. The van der Waals surface area contributed by atoms with E-state index in [9.17, 15) is 9.59 Å². The van der Waals surface area contributed by atoms with Gasteiger partial charge in [-0.15, -0.1) is 0 Å². The number of amides is 1. The van der Waals surface area contributed by atoms with Crippen molar-refractivity contribution in [2.45, 2.75) is 19.4 Å². The summed E-state index contributed by atoms with van der Waals surface area (Å²) in [5, 5.41) is 4.81. The number of carbonyl (C=O) groups is 1. The minimum atomic E-state index is -0.344. The first kappa shape index (κ1) is 15.8. The number of hydrogen-bond donors (Lipinski definition) is 0. The zero-order valence-electron chi connectivity index (χ0n) is 13.3. The molecule has 1 aliphatic rings. The zero-order valence-corrected chi connectivity index (χ0v) is 14.1. The highest BCUT2D eigenvalue weighted by atomic mass is 35.5. The second kappa shape index (κ2) is 6.33. The van der Waals surface area contributed by atoms with Gasteiger partial charge in [-0.3, -0.25) is 14.2 Å². The van der Waals surface area contributed by atoms with Gasteiger partial charge in [0.2, 0.25) is 5.91 Å². The van der Waals surface area contributed by atoms with Crippen molar-refractivity contribution in [1.29, 1.82) is 0 Å². The standard InChI is InChI=1S/C17H15ClN4O3/c18-12-5-3-11(4-6-12)15-14-16(25-20-15)19-10-22(17(14)24)9-13(23)21-7-1-2-8-21/h3-6,10H,1-2,7-9H2. The largest absolute Gasteiger partial charge is 0.341 e. The third-order valence-corrected chi connectivity index (χ3v) is 4.60. The third-order valence-electron chi connectivity index (χ3n) is 4.35. The summed E-state index contributed by atoms with van der Waals surface area (Å²) in [5.41, 5.74) is 0.904. The molecule has 0 N–H and O–H groups in total. The lowest BCUT2D eigenvalue weighted by Crippen LogP contribution is -2.34. The molecule has 4 rings (SSSR count). The molecule has 7 nitrogen and oxygen atoms in total. The molecule has 0 bridgehead atoms. The Kier molecular flexibility index (Phi) is 4.01. The van der Waals surface area contributed by atoms with E-state index in [1.807, 2.05) is 0 Å². The molecule has 1 amide bonds. The van der Waals surface area contributed by atoms with Crippen molar-refractivity contribution in [2.24, 2.45) is 0 Å². The number of nitrogens with zero attached hydrogens (tertiary/aromatic N) is 4. The van der Waals surface area contributed by atoms with Gasteiger partial charge in [-0.1, -0.05) is 28.9 Å². The molecule has 1 saturated heterocycles. The zero-order chi connectivity index (χ0) is 17.4. The number of benzene rings is 1. The predicted molar refractivity (Wildman–Crippen MR) is 92.3 cm³/mol. The van der Waals surface area contributed by atoms with Crippen LogP contribution in [0.15, 0.2) is 39.9 Å². The Hall–Kier alpha value is -2.67. The van der Waals surface area contributed by atoms with E-state index in [2.05, 4.69) is 10.1 Å². The normalized spacial score (nSPS) is 14.4. The molecule has 1 aromatic carbocycles. The topological polar surface area (TPSA) is 81.2 Å². The lowest BCUT2D eigenvalue weighted by Gasteiger charge is -2.15. The molecule has 3 aromatic rings. The molecule has 2 aromatic heterocycles. The third kappa shape index (κ3) is 2.91. The number of hydrogen-bond acceptors (Lipinski definition) is 5. The van der Waals surface area contributed by atoms with E-state index in [1.54, 1.807) is 29.2 Å². The van der Waals surface area contributed by atoms with Crippen LogP contribution in [0.1, 0.15) is 12.8 Å². The summed E-state index contributed by atoms with van der Waals surface area (Å²) in [4.78, 5) is 31.0. The first-order chi connectivity index (χ1) is 12.1. The van der Waals surface area contributed by atoms with Gasteiger partial charge in [-0.2, -0.15) is 0 Å². The second-order valence-electron chi connectivity index (χ2n) is 5.98. The van der Waals surface area contributed by atoms with Crippen molar-refractivity contribution in [3.63, 3.8) is 0 Å². The van der Waals surface area contributed by atoms with Gasteiger partial charge in [0.15, 0.2) is 0 Å². The van der Waals surface area contributed by atoms with E-state index in [0.29, 0.717) is 16.3 Å². The van der Waals surface area contributed by atoms with Crippen LogP contribution in [0.25, 0.3) is 22.4 Å². The maximum atomic E-state index is 12.8. The Morgan fingerprint density at radius 1 is 1.20 bits per heavy atom. The van der Waals surface area contributed by atoms with E-state index in [1.165, 1.54) is 10.9 Å². The highest BCUT2D eigenvalue weighted by Crippen LogP contribution is 2.25. The SMILES string of the molecule is O=C(Cn1cnc2onc(-c3ccc(Cl)cc3)c2c1=O)N1CCCC1. The molecule has 0 aliphatic carbocycles. The van der Waals surface area contributed by atoms with Crippen LogP contribution in [0, 0.1) is 0 Å². The van der Waals surface area contributed by atoms with Gasteiger partial charge in [0.1, 0.15) is 24.0 Å². The second-order valence-corrected chi connectivity index (χ2v) is 6.42. The number of halogens is 1. The lowest BCUT2D eigenvalue weighted by molar-refractivity contribution is -0.130. The molecular formula is C17H15ClN4O3. The van der Waals surface area contributed by atoms with Crippen LogP contribution < -0.4 is 5.56 Å². The Bertz CT molecular complexity index is 987. The molecule has 0 spiro atoms. The quantitative estimate of drug-likeness (QED) is 0.717. The van der Waals surface area contributed by atoms with E-state index in [4.69, 9.17) is 16.1 Å². The van der Waals surface area contributed by atoms with Gasteiger partial charge in [-0.25, -0.2) is 4.98 Å². The first-order valence-corrected chi connectivity index (χ1v) is 8.40. The van der Waals surface area contributed by atoms with Crippen molar-refractivity contribution in [2.75, 3.05) is 13.1 Å². The van der Waals surface area contributed by atoms with Crippen molar-refractivity contribution in [1.82, 2.24) is 19.6 Å². The molecular weight excluding hydrogens is 344 g/mol. The first-order valence-electron chi connectivity index (χ1n) is 8.02. The lowest BCUT2D eigenvalue weighted by atomic mass is 10.1. The smallest absolute Gasteiger partial charge is 0.267 e. The fraction of sp³-hybridized carbons (Fsp3) is 0.294. The summed E-state index contributed by atoms with van der Waals surface area (Å²) >= 11 is 5.90. The number of rotatable bonds is 3. The molecule has 8 heteroatoms. The van der Waals surface area contributed by atoms with E-state index < -0.39 is 0 Å². The van der Waals surface area contributed by atoms with Crippen LogP contribution in [0.4, 0.5) is 0 Å². The Labute approximate surface area is 147 Å². The highest BCUT2D eigenvalue weighted by molar-refractivity contribution is 6.30. The summed E-state index contributed by atoms with van der Waals surface area (Å²) in [7, 11) is 0.